The number of rotatable bonds is 7. The number of carbonyl (C=O) groups is 1. The summed E-state index contributed by atoms with van der Waals surface area (Å²) < 4.78 is 10.5. The zero-order valence-corrected chi connectivity index (χ0v) is 16.1. The van der Waals surface area contributed by atoms with Crippen LogP contribution in [0.3, 0.4) is 0 Å². The summed E-state index contributed by atoms with van der Waals surface area (Å²) in [5, 5.41) is 0. The fourth-order valence-electron chi connectivity index (χ4n) is 3.48. The fourth-order valence-corrected chi connectivity index (χ4v) is 3.48. The summed E-state index contributed by atoms with van der Waals surface area (Å²) in [5.41, 5.74) is 4.47. The summed E-state index contributed by atoms with van der Waals surface area (Å²) >= 11 is 0. The molecular weight excluding hydrogens is 338 g/mol. The number of ether oxygens (including phenoxy) is 2. The van der Waals surface area contributed by atoms with Crippen molar-refractivity contribution in [2.75, 3.05) is 26.8 Å². The van der Waals surface area contributed by atoms with Crippen molar-refractivity contribution in [3.8, 4) is 5.75 Å². The fraction of sp³-hybridized carbons (Fsp3) is 0.348. The molecule has 0 fully saturated rings. The highest BCUT2D eigenvalue weighted by Crippen LogP contribution is 2.25. The zero-order valence-electron chi connectivity index (χ0n) is 16.1. The Morgan fingerprint density at radius 2 is 1.78 bits per heavy atom. The molecule has 142 valence electrons. The van der Waals surface area contributed by atoms with Crippen molar-refractivity contribution >= 4 is 5.97 Å². The van der Waals surface area contributed by atoms with E-state index in [0.717, 1.165) is 49.4 Å². The molecule has 27 heavy (non-hydrogen) atoms. The molecule has 0 unspecified atom stereocenters. The molecule has 0 saturated heterocycles. The van der Waals surface area contributed by atoms with E-state index >= 15 is 0 Å². The van der Waals surface area contributed by atoms with Gasteiger partial charge < -0.3 is 9.47 Å². The molecule has 3 rings (SSSR count). The van der Waals surface area contributed by atoms with E-state index in [9.17, 15) is 4.79 Å². The predicted molar refractivity (Wildman–Crippen MR) is 107 cm³/mol. The lowest BCUT2D eigenvalue weighted by atomic mass is 9.94. The third kappa shape index (κ3) is 5.20. The van der Waals surface area contributed by atoms with Crippen LogP contribution < -0.4 is 4.74 Å². The lowest BCUT2D eigenvalue weighted by molar-refractivity contribution is -0.138. The monoisotopic (exact) mass is 365 g/mol. The van der Waals surface area contributed by atoms with Gasteiger partial charge in [-0.25, -0.2) is 4.79 Å². The van der Waals surface area contributed by atoms with Gasteiger partial charge in [0.05, 0.1) is 13.7 Å². The molecule has 1 aliphatic rings. The number of methoxy groups -OCH3 is 1. The molecule has 1 heterocycles. The van der Waals surface area contributed by atoms with Crippen molar-refractivity contribution in [1.82, 2.24) is 4.90 Å². The standard InChI is InChI=1S/C23H27NO3/c1-3-27-23(25)22-13-14-24(16-19-7-5-4-6-8-19)17-20(22)15-18-9-11-21(26-2)12-10-18/h4-12H,3,13-17H2,1-2H3. The van der Waals surface area contributed by atoms with E-state index in [2.05, 4.69) is 41.3 Å². The van der Waals surface area contributed by atoms with Crippen LogP contribution in [0.25, 0.3) is 0 Å². The Hall–Kier alpha value is -2.59. The van der Waals surface area contributed by atoms with Crippen LogP contribution in [0.4, 0.5) is 0 Å². The Morgan fingerprint density at radius 1 is 1.04 bits per heavy atom. The van der Waals surface area contributed by atoms with Crippen molar-refractivity contribution in [1.29, 1.82) is 0 Å². The number of nitrogens with zero attached hydrogens (tertiary/aromatic N) is 1. The van der Waals surface area contributed by atoms with Crippen LogP contribution in [0.1, 0.15) is 24.5 Å². The van der Waals surface area contributed by atoms with Gasteiger partial charge in [0.2, 0.25) is 0 Å². The molecule has 1 aliphatic heterocycles. The van der Waals surface area contributed by atoms with Gasteiger partial charge in [-0.15, -0.1) is 0 Å². The highest BCUT2D eigenvalue weighted by Gasteiger charge is 2.24. The van der Waals surface area contributed by atoms with Gasteiger partial charge in [-0.3, -0.25) is 4.90 Å². The van der Waals surface area contributed by atoms with Gasteiger partial charge in [0, 0.05) is 25.2 Å². The normalized spacial score (nSPS) is 14.9. The molecule has 4 nitrogen and oxygen atoms in total. The Labute approximate surface area is 161 Å². The Balaban J connectivity index is 1.78. The summed E-state index contributed by atoms with van der Waals surface area (Å²) in [6.45, 7) is 4.81. The first-order chi connectivity index (χ1) is 13.2. The minimum absolute atomic E-state index is 0.166. The van der Waals surface area contributed by atoms with Crippen LogP contribution in [0.15, 0.2) is 65.7 Å². The second-order valence-electron chi connectivity index (χ2n) is 6.77. The summed E-state index contributed by atoms with van der Waals surface area (Å²) in [4.78, 5) is 14.8. The van der Waals surface area contributed by atoms with Crippen molar-refractivity contribution in [3.63, 3.8) is 0 Å². The Kier molecular flexibility index (Phi) is 6.66. The van der Waals surface area contributed by atoms with E-state index in [1.54, 1.807) is 7.11 Å². The maximum Gasteiger partial charge on any atom is 0.334 e. The second kappa shape index (κ2) is 9.38. The zero-order chi connectivity index (χ0) is 19.1. The molecule has 0 bridgehead atoms. The summed E-state index contributed by atoms with van der Waals surface area (Å²) in [6.07, 6.45) is 1.49. The van der Waals surface area contributed by atoms with Gasteiger partial charge >= 0.3 is 5.97 Å². The molecule has 0 aromatic heterocycles. The minimum Gasteiger partial charge on any atom is -0.497 e. The SMILES string of the molecule is CCOC(=O)C1=C(Cc2ccc(OC)cc2)CN(Cc2ccccc2)CC1. The molecule has 0 amide bonds. The van der Waals surface area contributed by atoms with E-state index in [4.69, 9.17) is 9.47 Å². The molecule has 0 radical (unpaired) electrons. The molecular formula is C23H27NO3. The molecule has 0 aliphatic carbocycles. The van der Waals surface area contributed by atoms with E-state index in [1.807, 2.05) is 25.1 Å². The van der Waals surface area contributed by atoms with Gasteiger partial charge in [0.1, 0.15) is 5.75 Å². The summed E-state index contributed by atoms with van der Waals surface area (Å²) in [6, 6.07) is 18.5. The number of hydrogen-bond acceptors (Lipinski definition) is 4. The van der Waals surface area contributed by atoms with Crippen molar-refractivity contribution < 1.29 is 14.3 Å². The topological polar surface area (TPSA) is 38.8 Å². The van der Waals surface area contributed by atoms with Gasteiger partial charge in [-0.05, 0) is 48.6 Å². The van der Waals surface area contributed by atoms with Crippen LogP contribution in [-0.4, -0.2) is 37.7 Å². The lowest BCUT2D eigenvalue weighted by Gasteiger charge is -2.30. The van der Waals surface area contributed by atoms with Crippen LogP contribution in [-0.2, 0) is 22.5 Å². The molecule has 4 heteroatoms. The number of carbonyl (C=O) groups excluding carboxylic acids is 1. The summed E-state index contributed by atoms with van der Waals surface area (Å²) in [7, 11) is 1.67. The first-order valence-corrected chi connectivity index (χ1v) is 9.46. The smallest absolute Gasteiger partial charge is 0.334 e. The average molecular weight is 365 g/mol. The molecule has 2 aromatic carbocycles. The van der Waals surface area contributed by atoms with Gasteiger partial charge in [0.15, 0.2) is 0 Å². The molecule has 0 N–H and O–H groups in total. The molecule has 0 spiro atoms. The highest BCUT2D eigenvalue weighted by molar-refractivity contribution is 5.89. The number of esters is 1. The molecule has 0 atom stereocenters. The van der Waals surface area contributed by atoms with E-state index in [1.165, 1.54) is 11.1 Å². The highest BCUT2D eigenvalue weighted by atomic mass is 16.5. The maximum absolute atomic E-state index is 12.4. The van der Waals surface area contributed by atoms with Crippen LogP contribution in [0, 0.1) is 0 Å². The van der Waals surface area contributed by atoms with Crippen molar-refractivity contribution in [2.45, 2.75) is 26.3 Å². The first kappa shape index (κ1) is 19.2. The second-order valence-corrected chi connectivity index (χ2v) is 6.77. The Bertz CT molecular complexity index is 781. The van der Waals surface area contributed by atoms with Gasteiger partial charge in [-0.1, -0.05) is 42.5 Å². The van der Waals surface area contributed by atoms with Gasteiger partial charge in [-0.2, -0.15) is 0 Å². The van der Waals surface area contributed by atoms with E-state index in [0.29, 0.717) is 6.61 Å². The predicted octanol–water partition coefficient (Wildman–Crippen LogP) is 4.00. The lowest BCUT2D eigenvalue weighted by Crippen LogP contribution is -2.34. The summed E-state index contributed by atoms with van der Waals surface area (Å²) in [5.74, 6) is 0.674. The van der Waals surface area contributed by atoms with E-state index in [-0.39, 0.29) is 5.97 Å². The quantitative estimate of drug-likeness (QED) is 0.695. The molecule has 0 saturated carbocycles. The minimum atomic E-state index is -0.166. The third-order valence-corrected chi connectivity index (χ3v) is 4.87. The molecule has 2 aromatic rings. The third-order valence-electron chi connectivity index (χ3n) is 4.87. The van der Waals surface area contributed by atoms with Gasteiger partial charge in [0.25, 0.3) is 0 Å². The van der Waals surface area contributed by atoms with Crippen molar-refractivity contribution in [3.05, 3.63) is 76.9 Å². The Morgan fingerprint density at radius 3 is 2.44 bits per heavy atom. The van der Waals surface area contributed by atoms with E-state index < -0.39 is 0 Å². The van der Waals surface area contributed by atoms with Crippen molar-refractivity contribution in [2.24, 2.45) is 0 Å². The number of benzene rings is 2. The average Bonchev–Trinajstić information content (AvgIpc) is 2.70. The van der Waals surface area contributed by atoms with Crippen LogP contribution in [0.5, 0.6) is 5.75 Å². The van der Waals surface area contributed by atoms with Crippen LogP contribution in [0.2, 0.25) is 0 Å². The van der Waals surface area contributed by atoms with Crippen LogP contribution >= 0.6 is 0 Å². The number of hydrogen-bond donors (Lipinski definition) is 0. The first-order valence-electron chi connectivity index (χ1n) is 9.46. The largest absolute Gasteiger partial charge is 0.497 e. The maximum atomic E-state index is 12.4.